The molecular weight excluding hydrogens is 166 g/mol. The van der Waals surface area contributed by atoms with Crippen LogP contribution in [0.5, 0.6) is 0 Å². The van der Waals surface area contributed by atoms with Crippen LogP contribution in [0.3, 0.4) is 0 Å². The molecule has 0 aromatic rings. The van der Waals surface area contributed by atoms with Gasteiger partial charge in [-0.05, 0) is 30.7 Å². The first kappa shape index (κ1) is 12.4. The van der Waals surface area contributed by atoms with Crippen molar-refractivity contribution in [3.8, 4) is 0 Å². The van der Waals surface area contributed by atoms with Crippen LogP contribution < -0.4 is 5.73 Å². The molecule has 0 fully saturated rings. The summed E-state index contributed by atoms with van der Waals surface area (Å²) in [6.45, 7) is 6.93. The van der Waals surface area contributed by atoms with Gasteiger partial charge in [-0.2, -0.15) is 0 Å². The second-order valence-corrected chi connectivity index (χ2v) is 4.16. The lowest BCUT2D eigenvalue weighted by Gasteiger charge is -2.20. The van der Waals surface area contributed by atoms with Crippen LogP contribution in [0.1, 0.15) is 33.6 Å². The minimum Gasteiger partial charge on any atom is -0.481 e. The molecule has 0 saturated heterocycles. The van der Waals surface area contributed by atoms with Gasteiger partial charge in [0.25, 0.3) is 0 Å². The minimum absolute atomic E-state index is 0.134. The second kappa shape index (κ2) is 5.97. The Balaban J connectivity index is 3.90. The highest BCUT2D eigenvalue weighted by Gasteiger charge is 2.16. The van der Waals surface area contributed by atoms with Crippen molar-refractivity contribution in [2.45, 2.75) is 33.6 Å². The third-order valence-corrected chi connectivity index (χ3v) is 2.64. The molecule has 0 heterocycles. The molecule has 3 N–H and O–H groups in total. The topological polar surface area (TPSA) is 63.3 Å². The average molecular weight is 187 g/mol. The Hall–Kier alpha value is -0.570. The Labute approximate surface area is 80.3 Å². The molecule has 0 radical (unpaired) electrons. The molecule has 13 heavy (non-hydrogen) atoms. The summed E-state index contributed by atoms with van der Waals surface area (Å²) in [7, 11) is 0. The predicted octanol–water partition coefficient (Wildman–Crippen LogP) is 1.72. The van der Waals surface area contributed by atoms with Crippen molar-refractivity contribution in [2.75, 3.05) is 6.54 Å². The number of carboxylic acids is 1. The summed E-state index contributed by atoms with van der Waals surface area (Å²) in [6.07, 6.45) is 1.12. The van der Waals surface area contributed by atoms with E-state index in [4.69, 9.17) is 10.8 Å². The van der Waals surface area contributed by atoms with E-state index in [-0.39, 0.29) is 12.3 Å². The fourth-order valence-corrected chi connectivity index (χ4v) is 1.31. The van der Waals surface area contributed by atoms with E-state index in [1.807, 2.05) is 0 Å². The van der Waals surface area contributed by atoms with Gasteiger partial charge in [-0.3, -0.25) is 4.79 Å². The third-order valence-electron chi connectivity index (χ3n) is 2.64. The molecule has 2 atom stereocenters. The quantitative estimate of drug-likeness (QED) is 0.665. The predicted molar refractivity (Wildman–Crippen MR) is 53.4 cm³/mol. The molecular formula is C10H21NO2. The van der Waals surface area contributed by atoms with E-state index in [0.717, 1.165) is 6.42 Å². The first-order valence-corrected chi connectivity index (χ1v) is 4.89. The van der Waals surface area contributed by atoms with E-state index in [1.165, 1.54) is 0 Å². The van der Waals surface area contributed by atoms with E-state index >= 15 is 0 Å². The maximum Gasteiger partial charge on any atom is 0.303 e. The fraction of sp³-hybridized carbons (Fsp3) is 0.900. The molecule has 0 unspecified atom stereocenters. The monoisotopic (exact) mass is 187 g/mol. The van der Waals surface area contributed by atoms with E-state index in [2.05, 4.69) is 20.8 Å². The van der Waals surface area contributed by atoms with Crippen molar-refractivity contribution in [1.82, 2.24) is 0 Å². The van der Waals surface area contributed by atoms with Gasteiger partial charge in [0.1, 0.15) is 0 Å². The van der Waals surface area contributed by atoms with E-state index in [9.17, 15) is 4.79 Å². The number of nitrogens with two attached hydrogens (primary N) is 1. The molecule has 0 aliphatic carbocycles. The lowest BCUT2D eigenvalue weighted by Crippen LogP contribution is -2.22. The Morgan fingerprint density at radius 2 is 1.92 bits per heavy atom. The highest BCUT2D eigenvalue weighted by atomic mass is 16.4. The number of carbonyl (C=O) groups is 1. The molecule has 0 spiro atoms. The zero-order chi connectivity index (χ0) is 10.4. The second-order valence-electron chi connectivity index (χ2n) is 4.16. The Kier molecular flexibility index (Phi) is 5.71. The molecule has 0 aliphatic rings. The highest BCUT2D eigenvalue weighted by molar-refractivity contribution is 5.67. The Morgan fingerprint density at radius 3 is 2.23 bits per heavy atom. The summed E-state index contributed by atoms with van der Waals surface area (Å²) >= 11 is 0. The lowest BCUT2D eigenvalue weighted by atomic mass is 9.86. The molecule has 0 saturated carbocycles. The van der Waals surface area contributed by atoms with Gasteiger partial charge in [0.15, 0.2) is 0 Å². The fourth-order valence-electron chi connectivity index (χ4n) is 1.31. The number of carboxylic acid groups (broad SMARTS) is 1. The molecule has 0 bridgehead atoms. The highest BCUT2D eigenvalue weighted by Crippen LogP contribution is 2.21. The SMILES string of the molecule is CC(C)[C@@H](C)C[C@H](CN)CC(=O)O. The normalized spacial score (nSPS) is 15.8. The van der Waals surface area contributed by atoms with Crippen LogP contribution in [0.25, 0.3) is 0 Å². The lowest BCUT2D eigenvalue weighted by molar-refractivity contribution is -0.138. The zero-order valence-electron chi connectivity index (χ0n) is 8.79. The third kappa shape index (κ3) is 5.64. The van der Waals surface area contributed by atoms with Crippen molar-refractivity contribution < 1.29 is 9.90 Å². The van der Waals surface area contributed by atoms with Crippen molar-refractivity contribution in [3.05, 3.63) is 0 Å². The van der Waals surface area contributed by atoms with E-state index in [0.29, 0.717) is 18.4 Å². The molecule has 3 heteroatoms. The Morgan fingerprint density at radius 1 is 1.38 bits per heavy atom. The molecule has 78 valence electrons. The van der Waals surface area contributed by atoms with Gasteiger partial charge in [0, 0.05) is 6.42 Å². The number of hydrogen-bond donors (Lipinski definition) is 2. The van der Waals surface area contributed by atoms with Crippen molar-refractivity contribution in [2.24, 2.45) is 23.5 Å². The smallest absolute Gasteiger partial charge is 0.303 e. The first-order valence-electron chi connectivity index (χ1n) is 4.89. The summed E-state index contributed by atoms with van der Waals surface area (Å²) < 4.78 is 0. The summed E-state index contributed by atoms with van der Waals surface area (Å²) in [5.74, 6) is 0.539. The number of hydrogen-bond acceptors (Lipinski definition) is 2. The summed E-state index contributed by atoms with van der Waals surface area (Å²) in [4.78, 5) is 10.5. The van der Waals surface area contributed by atoms with Crippen LogP contribution in [-0.2, 0) is 4.79 Å². The standard InChI is InChI=1S/C10H21NO2/c1-7(2)8(3)4-9(6-11)5-10(12)13/h7-9H,4-6,11H2,1-3H3,(H,12,13)/t8-,9-/m0/s1. The van der Waals surface area contributed by atoms with Crippen LogP contribution in [0, 0.1) is 17.8 Å². The van der Waals surface area contributed by atoms with Crippen LogP contribution in [0.4, 0.5) is 0 Å². The van der Waals surface area contributed by atoms with Gasteiger partial charge < -0.3 is 10.8 Å². The molecule has 0 aromatic carbocycles. The average Bonchev–Trinajstić information content (AvgIpc) is 2.02. The van der Waals surface area contributed by atoms with Crippen LogP contribution in [0.15, 0.2) is 0 Å². The molecule has 0 rings (SSSR count). The molecule has 0 aromatic heterocycles. The molecule has 0 aliphatic heterocycles. The summed E-state index contributed by atoms with van der Waals surface area (Å²) in [6, 6.07) is 0. The number of aliphatic carboxylic acids is 1. The zero-order valence-corrected chi connectivity index (χ0v) is 8.79. The van der Waals surface area contributed by atoms with Crippen molar-refractivity contribution in [3.63, 3.8) is 0 Å². The van der Waals surface area contributed by atoms with Gasteiger partial charge in [0.05, 0.1) is 0 Å². The molecule has 0 amide bonds. The van der Waals surface area contributed by atoms with Crippen molar-refractivity contribution >= 4 is 5.97 Å². The van der Waals surface area contributed by atoms with Gasteiger partial charge in [-0.1, -0.05) is 20.8 Å². The van der Waals surface area contributed by atoms with Gasteiger partial charge in [-0.15, -0.1) is 0 Å². The summed E-state index contributed by atoms with van der Waals surface area (Å²) in [5, 5.41) is 8.61. The number of rotatable bonds is 6. The van der Waals surface area contributed by atoms with Gasteiger partial charge in [-0.25, -0.2) is 0 Å². The largest absolute Gasteiger partial charge is 0.481 e. The first-order chi connectivity index (χ1) is 5.97. The maximum atomic E-state index is 10.5. The maximum absolute atomic E-state index is 10.5. The van der Waals surface area contributed by atoms with E-state index in [1.54, 1.807) is 0 Å². The van der Waals surface area contributed by atoms with Crippen LogP contribution >= 0.6 is 0 Å². The van der Waals surface area contributed by atoms with E-state index < -0.39 is 5.97 Å². The van der Waals surface area contributed by atoms with Gasteiger partial charge in [0.2, 0.25) is 0 Å². The summed E-state index contributed by atoms with van der Waals surface area (Å²) in [5.41, 5.74) is 5.51. The van der Waals surface area contributed by atoms with Crippen LogP contribution in [-0.4, -0.2) is 17.6 Å². The van der Waals surface area contributed by atoms with Gasteiger partial charge >= 0.3 is 5.97 Å². The Bertz CT molecular complexity index is 157. The minimum atomic E-state index is -0.744. The van der Waals surface area contributed by atoms with Crippen LogP contribution in [0.2, 0.25) is 0 Å². The van der Waals surface area contributed by atoms with Crippen molar-refractivity contribution in [1.29, 1.82) is 0 Å². The molecule has 3 nitrogen and oxygen atoms in total.